The van der Waals surface area contributed by atoms with Gasteiger partial charge in [0.05, 0.1) is 11.7 Å². The van der Waals surface area contributed by atoms with Gasteiger partial charge in [0.2, 0.25) is 0 Å². The van der Waals surface area contributed by atoms with Crippen LogP contribution in [0.1, 0.15) is 16.1 Å². The van der Waals surface area contributed by atoms with Gasteiger partial charge in [0.25, 0.3) is 0 Å². The van der Waals surface area contributed by atoms with E-state index in [0.717, 1.165) is 22.1 Å². The molecular formula is C15H10N3NaO2. The van der Waals surface area contributed by atoms with Gasteiger partial charge >= 0.3 is 29.6 Å². The number of carboxylic acids is 1. The Hall–Kier alpha value is -1.82. The smallest absolute Gasteiger partial charge is 0.543 e. The molecule has 0 atom stereocenters. The van der Waals surface area contributed by atoms with Crippen LogP contribution in [0.5, 0.6) is 0 Å². The van der Waals surface area contributed by atoms with E-state index in [9.17, 15) is 9.90 Å². The van der Waals surface area contributed by atoms with Gasteiger partial charge in [-0.05, 0) is 42.3 Å². The summed E-state index contributed by atoms with van der Waals surface area (Å²) in [5.41, 5.74) is 2.85. The average molecular weight is 287 g/mol. The van der Waals surface area contributed by atoms with Crippen LogP contribution >= 0.6 is 0 Å². The van der Waals surface area contributed by atoms with Crippen molar-refractivity contribution in [3.05, 3.63) is 54.1 Å². The molecule has 0 aromatic carbocycles. The van der Waals surface area contributed by atoms with E-state index in [2.05, 4.69) is 15.0 Å². The van der Waals surface area contributed by atoms with Gasteiger partial charge < -0.3 is 9.90 Å². The first-order valence-electron chi connectivity index (χ1n) is 6.05. The fourth-order valence-electron chi connectivity index (χ4n) is 2.13. The molecule has 3 rings (SSSR count). The van der Waals surface area contributed by atoms with Crippen LogP contribution in [0.15, 0.2) is 42.9 Å². The van der Waals surface area contributed by atoms with E-state index in [4.69, 9.17) is 0 Å². The van der Waals surface area contributed by atoms with Crippen molar-refractivity contribution in [1.82, 2.24) is 15.0 Å². The van der Waals surface area contributed by atoms with Crippen LogP contribution in [0.3, 0.4) is 0 Å². The largest absolute Gasteiger partial charge is 1.00 e. The molecular weight excluding hydrogens is 277 g/mol. The number of nitrogens with zero attached hydrogens (tertiary/aromatic N) is 3. The number of aromatic nitrogens is 3. The number of fused-ring (bicyclic) bond motifs is 1. The van der Waals surface area contributed by atoms with Crippen LogP contribution in [0, 0.1) is 6.92 Å². The summed E-state index contributed by atoms with van der Waals surface area (Å²) in [6.07, 6.45) is 4.98. The molecule has 0 aliphatic rings. The van der Waals surface area contributed by atoms with Gasteiger partial charge in [-0.25, -0.2) is 9.97 Å². The van der Waals surface area contributed by atoms with Crippen LogP contribution in [0.4, 0.5) is 0 Å². The molecule has 3 aromatic rings. The van der Waals surface area contributed by atoms with E-state index >= 15 is 0 Å². The molecule has 6 heteroatoms. The van der Waals surface area contributed by atoms with Gasteiger partial charge in [0, 0.05) is 29.5 Å². The van der Waals surface area contributed by atoms with Crippen molar-refractivity contribution in [3.8, 4) is 11.1 Å². The van der Waals surface area contributed by atoms with Crippen molar-refractivity contribution in [2.75, 3.05) is 0 Å². The third-order valence-corrected chi connectivity index (χ3v) is 3.12. The molecule has 0 spiro atoms. The van der Waals surface area contributed by atoms with Crippen LogP contribution in [-0.4, -0.2) is 20.9 Å². The third kappa shape index (κ3) is 2.95. The van der Waals surface area contributed by atoms with Crippen LogP contribution < -0.4 is 34.7 Å². The Labute approximate surface area is 143 Å². The number of hydrogen-bond donors (Lipinski definition) is 0. The van der Waals surface area contributed by atoms with Crippen LogP contribution in [0.2, 0.25) is 0 Å². The maximum Gasteiger partial charge on any atom is 1.00 e. The van der Waals surface area contributed by atoms with Gasteiger partial charge in [0.1, 0.15) is 0 Å². The van der Waals surface area contributed by atoms with Crippen LogP contribution in [0.25, 0.3) is 22.2 Å². The third-order valence-electron chi connectivity index (χ3n) is 3.12. The molecule has 21 heavy (non-hydrogen) atoms. The Bertz CT molecular complexity index is 821. The van der Waals surface area contributed by atoms with Crippen LogP contribution in [-0.2, 0) is 0 Å². The zero-order valence-electron chi connectivity index (χ0n) is 11.7. The SMILES string of the molecule is Cc1ccncc1-c1cc(C(=O)[O-])nc2ncccc12.[Na+]. The molecule has 3 aromatic heterocycles. The zero-order chi connectivity index (χ0) is 14.1. The average Bonchev–Trinajstić information content (AvgIpc) is 2.46. The molecule has 0 aliphatic carbocycles. The van der Waals surface area contributed by atoms with E-state index in [1.54, 1.807) is 24.7 Å². The van der Waals surface area contributed by atoms with Gasteiger partial charge in [-0.1, -0.05) is 0 Å². The Balaban J connectivity index is 0.00000161. The minimum absolute atomic E-state index is 0. The molecule has 0 unspecified atom stereocenters. The van der Waals surface area contributed by atoms with Crippen molar-refractivity contribution in [3.63, 3.8) is 0 Å². The molecule has 0 fully saturated rings. The second-order valence-electron chi connectivity index (χ2n) is 4.41. The van der Waals surface area contributed by atoms with E-state index in [0.29, 0.717) is 5.65 Å². The second-order valence-corrected chi connectivity index (χ2v) is 4.41. The number of rotatable bonds is 2. The van der Waals surface area contributed by atoms with E-state index < -0.39 is 5.97 Å². The topological polar surface area (TPSA) is 78.8 Å². The second kappa shape index (κ2) is 6.30. The normalized spacial score (nSPS) is 10.1. The molecule has 0 radical (unpaired) electrons. The van der Waals surface area contributed by atoms with Gasteiger partial charge in [-0.15, -0.1) is 0 Å². The molecule has 0 N–H and O–H groups in total. The Morgan fingerprint density at radius 1 is 1.19 bits per heavy atom. The first-order chi connectivity index (χ1) is 9.66. The minimum atomic E-state index is -1.32. The van der Waals surface area contributed by atoms with Crippen molar-refractivity contribution in [2.45, 2.75) is 6.92 Å². The summed E-state index contributed by atoms with van der Waals surface area (Å²) >= 11 is 0. The molecule has 0 aliphatic heterocycles. The Kier molecular flexibility index (Phi) is 4.67. The molecule has 0 bridgehead atoms. The first-order valence-corrected chi connectivity index (χ1v) is 6.05. The van der Waals surface area contributed by atoms with Crippen molar-refractivity contribution < 1.29 is 39.5 Å². The predicted molar refractivity (Wildman–Crippen MR) is 71.8 cm³/mol. The number of carboxylic acid groups (broad SMARTS) is 1. The summed E-state index contributed by atoms with van der Waals surface area (Å²) in [4.78, 5) is 23.3. The fraction of sp³-hybridized carbons (Fsp3) is 0.0667. The Morgan fingerprint density at radius 2 is 2.00 bits per heavy atom. The quantitative estimate of drug-likeness (QED) is 0.529. The maximum atomic E-state index is 11.1. The summed E-state index contributed by atoms with van der Waals surface area (Å²) in [5, 5.41) is 11.9. The van der Waals surface area contributed by atoms with Gasteiger partial charge in [-0.2, -0.15) is 0 Å². The summed E-state index contributed by atoms with van der Waals surface area (Å²) in [7, 11) is 0. The molecule has 0 saturated carbocycles. The standard InChI is InChI=1S/C15H11N3O2.Na/c1-9-4-6-16-8-12(9)11-7-13(15(19)20)18-14-10(11)3-2-5-17-14;/h2-8H,1H3,(H,19,20);/q;+1/p-1. The van der Waals surface area contributed by atoms with E-state index in [1.807, 2.05) is 19.1 Å². The summed E-state index contributed by atoms with van der Waals surface area (Å²) in [5.74, 6) is -1.32. The summed E-state index contributed by atoms with van der Waals surface area (Å²) < 4.78 is 0. The van der Waals surface area contributed by atoms with Crippen molar-refractivity contribution in [1.29, 1.82) is 0 Å². The first kappa shape index (κ1) is 15.6. The molecule has 3 heterocycles. The zero-order valence-corrected chi connectivity index (χ0v) is 13.7. The molecule has 98 valence electrons. The van der Waals surface area contributed by atoms with Gasteiger partial charge in [0.15, 0.2) is 5.65 Å². The minimum Gasteiger partial charge on any atom is -0.543 e. The maximum absolute atomic E-state index is 11.1. The molecule has 0 saturated heterocycles. The molecule has 0 amide bonds. The number of hydrogen-bond acceptors (Lipinski definition) is 5. The number of aryl methyl sites for hydroxylation is 1. The van der Waals surface area contributed by atoms with Crippen molar-refractivity contribution >= 4 is 17.0 Å². The summed E-state index contributed by atoms with van der Waals surface area (Å²) in [6, 6.07) is 7.02. The predicted octanol–water partition coefficient (Wildman–Crippen LogP) is -1.63. The molecule has 5 nitrogen and oxygen atoms in total. The number of carbonyl (C=O) groups is 1. The van der Waals surface area contributed by atoms with E-state index in [-0.39, 0.29) is 35.3 Å². The fourth-order valence-corrected chi connectivity index (χ4v) is 2.13. The van der Waals surface area contributed by atoms with Crippen molar-refractivity contribution in [2.24, 2.45) is 0 Å². The van der Waals surface area contributed by atoms with E-state index in [1.165, 1.54) is 6.07 Å². The number of aromatic carboxylic acids is 1. The Morgan fingerprint density at radius 3 is 2.71 bits per heavy atom. The van der Waals surface area contributed by atoms with Gasteiger partial charge in [-0.3, -0.25) is 4.98 Å². The summed E-state index contributed by atoms with van der Waals surface area (Å²) in [6.45, 7) is 1.94. The number of carbonyl (C=O) groups excluding carboxylic acids is 1. The monoisotopic (exact) mass is 287 g/mol. The number of pyridine rings is 3.